The lowest BCUT2D eigenvalue weighted by Gasteiger charge is -2.04. The largest absolute Gasteiger partial charge is 0.361 e. The van der Waals surface area contributed by atoms with Crippen molar-refractivity contribution in [2.24, 2.45) is 0 Å². The summed E-state index contributed by atoms with van der Waals surface area (Å²) in [5.74, 6) is 0.101. The number of nitrogens with one attached hydrogen (secondary N) is 3. The molecular weight excluding hydrogens is 226 g/mol. The molecule has 2 aromatic rings. The van der Waals surface area contributed by atoms with E-state index in [0.29, 0.717) is 13.0 Å². The lowest BCUT2D eigenvalue weighted by atomic mass is 10.1. The quantitative estimate of drug-likeness (QED) is 0.721. The zero-order chi connectivity index (χ0) is 12.8. The average molecular weight is 245 g/mol. The van der Waals surface area contributed by atoms with Crippen LogP contribution in [0.15, 0.2) is 30.5 Å². The predicted molar refractivity (Wildman–Crippen MR) is 73.6 cm³/mol. The first-order valence-electron chi connectivity index (χ1n) is 6.27. The number of benzene rings is 1. The van der Waals surface area contributed by atoms with Crippen LogP contribution in [0.5, 0.6) is 0 Å². The van der Waals surface area contributed by atoms with Crippen molar-refractivity contribution in [1.29, 1.82) is 0 Å². The van der Waals surface area contributed by atoms with Crippen molar-refractivity contribution in [1.82, 2.24) is 15.6 Å². The Kier molecular flexibility index (Phi) is 4.36. The van der Waals surface area contributed by atoms with Gasteiger partial charge in [-0.25, -0.2) is 0 Å². The highest BCUT2D eigenvalue weighted by Gasteiger charge is 2.04. The van der Waals surface area contributed by atoms with Crippen LogP contribution < -0.4 is 10.6 Å². The fraction of sp³-hybridized carbons (Fsp3) is 0.357. The second-order valence-corrected chi connectivity index (χ2v) is 4.31. The van der Waals surface area contributed by atoms with Crippen LogP contribution >= 0.6 is 0 Å². The standard InChI is InChI=1S/C14H19N3O/c1-15-8-7-14(18)16-9-6-11-10-17-13-5-3-2-4-12(11)13/h2-5,10,15,17H,6-9H2,1H3,(H,16,18). The van der Waals surface area contributed by atoms with Gasteiger partial charge in [-0.2, -0.15) is 0 Å². The van der Waals surface area contributed by atoms with Gasteiger partial charge in [0.2, 0.25) is 5.91 Å². The number of carbonyl (C=O) groups excluding carboxylic acids is 1. The van der Waals surface area contributed by atoms with Gasteiger partial charge < -0.3 is 15.6 Å². The number of amides is 1. The molecule has 0 aliphatic heterocycles. The third kappa shape index (κ3) is 3.11. The van der Waals surface area contributed by atoms with E-state index in [0.717, 1.165) is 18.5 Å². The average Bonchev–Trinajstić information content (AvgIpc) is 2.80. The molecule has 4 nitrogen and oxygen atoms in total. The summed E-state index contributed by atoms with van der Waals surface area (Å²) < 4.78 is 0. The van der Waals surface area contributed by atoms with Crippen LogP contribution in [0.2, 0.25) is 0 Å². The minimum atomic E-state index is 0.101. The normalized spacial score (nSPS) is 10.7. The second kappa shape index (κ2) is 6.21. The van der Waals surface area contributed by atoms with Gasteiger partial charge in [-0.3, -0.25) is 4.79 Å². The van der Waals surface area contributed by atoms with Gasteiger partial charge in [0.15, 0.2) is 0 Å². The Hall–Kier alpha value is -1.81. The van der Waals surface area contributed by atoms with Gasteiger partial charge in [-0.05, 0) is 25.1 Å². The first-order valence-corrected chi connectivity index (χ1v) is 6.27. The minimum Gasteiger partial charge on any atom is -0.361 e. The van der Waals surface area contributed by atoms with E-state index in [1.807, 2.05) is 25.4 Å². The van der Waals surface area contributed by atoms with Crippen molar-refractivity contribution in [2.45, 2.75) is 12.8 Å². The number of carbonyl (C=O) groups is 1. The number of H-pyrrole nitrogens is 1. The van der Waals surface area contributed by atoms with Gasteiger partial charge in [-0.1, -0.05) is 18.2 Å². The lowest BCUT2D eigenvalue weighted by molar-refractivity contribution is -0.120. The molecule has 3 N–H and O–H groups in total. The highest BCUT2D eigenvalue weighted by Crippen LogP contribution is 2.17. The number of hydrogen-bond donors (Lipinski definition) is 3. The molecule has 0 fully saturated rings. The molecule has 1 amide bonds. The Morgan fingerprint density at radius 3 is 2.94 bits per heavy atom. The molecule has 1 aromatic carbocycles. The summed E-state index contributed by atoms with van der Waals surface area (Å²) in [6.07, 6.45) is 3.41. The first-order chi connectivity index (χ1) is 8.81. The zero-order valence-corrected chi connectivity index (χ0v) is 10.6. The fourth-order valence-corrected chi connectivity index (χ4v) is 2.00. The van der Waals surface area contributed by atoms with Crippen molar-refractivity contribution < 1.29 is 4.79 Å². The minimum absolute atomic E-state index is 0.101. The van der Waals surface area contributed by atoms with Crippen LogP contribution in [0, 0.1) is 0 Å². The predicted octanol–water partition coefficient (Wildman–Crippen LogP) is 1.44. The molecule has 0 saturated carbocycles. The van der Waals surface area contributed by atoms with Gasteiger partial charge in [0, 0.05) is 36.6 Å². The highest BCUT2D eigenvalue weighted by atomic mass is 16.1. The summed E-state index contributed by atoms with van der Waals surface area (Å²) >= 11 is 0. The monoisotopic (exact) mass is 245 g/mol. The van der Waals surface area contributed by atoms with E-state index in [1.165, 1.54) is 10.9 Å². The van der Waals surface area contributed by atoms with Crippen molar-refractivity contribution in [3.63, 3.8) is 0 Å². The van der Waals surface area contributed by atoms with Crippen LogP contribution in [0.1, 0.15) is 12.0 Å². The van der Waals surface area contributed by atoms with Crippen LogP contribution in [0.4, 0.5) is 0 Å². The Morgan fingerprint density at radius 2 is 2.11 bits per heavy atom. The van der Waals surface area contributed by atoms with Gasteiger partial charge in [-0.15, -0.1) is 0 Å². The molecule has 0 unspecified atom stereocenters. The van der Waals surface area contributed by atoms with Crippen LogP contribution in [0.25, 0.3) is 10.9 Å². The van der Waals surface area contributed by atoms with E-state index in [9.17, 15) is 4.79 Å². The smallest absolute Gasteiger partial charge is 0.221 e. The molecule has 0 aliphatic carbocycles. The highest BCUT2D eigenvalue weighted by molar-refractivity contribution is 5.83. The molecule has 0 radical (unpaired) electrons. The third-order valence-corrected chi connectivity index (χ3v) is 2.99. The lowest BCUT2D eigenvalue weighted by Crippen LogP contribution is -2.28. The molecule has 0 bridgehead atoms. The maximum atomic E-state index is 11.4. The number of para-hydroxylation sites is 1. The maximum absolute atomic E-state index is 11.4. The summed E-state index contributed by atoms with van der Waals surface area (Å²) in [5, 5.41) is 7.13. The molecule has 0 saturated heterocycles. The Bertz CT molecular complexity index is 518. The van der Waals surface area contributed by atoms with E-state index < -0.39 is 0 Å². The van der Waals surface area contributed by atoms with Gasteiger partial charge in [0.25, 0.3) is 0 Å². The van der Waals surface area contributed by atoms with Gasteiger partial charge in [0.1, 0.15) is 0 Å². The van der Waals surface area contributed by atoms with Crippen LogP contribution in [-0.2, 0) is 11.2 Å². The van der Waals surface area contributed by atoms with E-state index in [4.69, 9.17) is 0 Å². The van der Waals surface area contributed by atoms with E-state index >= 15 is 0 Å². The van der Waals surface area contributed by atoms with Crippen LogP contribution in [0.3, 0.4) is 0 Å². The molecule has 2 rings (SSSR count). The van der Waals surface area contributed by atoms with E-state index in [2.05, 4.69) is 27.8 Å². The summed E-state index contributed by atoms with van der Waals surface area (Å²) in [7, 11) is 1.85. The van der Waals surface area contributed by atoms with E-state index in [1.54, 1.807) is 0 Å². The fourth-order valence-electron chi connectivity index (χ4n) is 2.00. The number of fused-ring (bicyclic) bond motifs is 1. The summed E-state index contributed by atoms with van der Waals surface area (Å²) in [4.78, 5) is 14.7. The van der Waals surface area contributed by atoms with Crippen LogP contribution in [-0.4, -0.2) is 31.0 Å². The van der Waals surface area contributed by atoms with Gasteiger partial charge in [0.05, 0.1) is 0 Å². The SMILES string of the molecule is CNCCC(=O)NCCc1c[nH]c2ccccc12. The van der Waals surface area contributed by atoms with Crippen molar-refractivity contribution in [3.8, 4) is 0 Å². The summed E-state index contributed by atoms with van der Waals surface area (Å²) in [5.41, 5.74) is 2.40. The number of aromatic nitrogens is 1. The molecular formula is C14H19N3O. The van der Waals surface area contributed by atoms with Crippen molar-refractivity contribution in [3.05, 3.63) is 36.0 Å². The Balaban J connectivity index is 1.85. The zero-order valence-electron chi connectivity index (χ0n) is 10.6. The molecule has 0 aliphatic rings. The molecule has 0 spiro atoms. The molecule has 96 valence electrons. The second-order valence-electron chi connectivity index (χ2n) is 4.31. The Labute approximate surface area is 107 Å². The first kappa shape index (κ1) is 12.6. The van der Waals surface area contributed by atoms with Crippen molar-refractivity contribution >= 4 is 16.8 Å². The molecule has 1 aromatic heterocycles. The summed E-state index contributed by atoms with van der Waals surface area (Å²) in [6, 6.07) is 8.21. The maximum Gasteiger partial charge on any atom is 0.221 e. The molecule has 0 atom stereocenters. The van der Waals surface area contributed by atoms with Gasteiger partial charge >= 0.3 is 0 Å². The number of hydrogen-bond acceptors (Lipinski definition) is 2. The molecule has 4 heteroatoms. The number of rotatable bonds is 6. The topological polar surface area (TPSA) is 56.9 Å². The third-order valence-electron chi connectivity index (χ3n) is 2.99. The Morgan fingerprint density at radius 1 is 1.28 bits per heavy atom. The molecule has 18 heavy (non-hydrogen) atoms. The number of aromatic amines is 1. The van der Waals surface area contributed by atoms with E-state index in [-0.39, 0.29) is 5.91 Å². The molecule has 1 heterocycles. The van der Waals surface area contributed by atoms with Crippen molar-refractivity contribution in [2.75, 3.05) is 20.1 Å². The summed E-state index contributed by atoms with van der Waals surface area (Å²) in [6.45, 7) is 1.41.